The number of rotatable bonds is 8. The molecule has 2 N–H and O–H groups in total. The fourth-order valence-electron chi connectivity index (χ4n) is 3.79. The predicted octanol–water partition coefficient (Wildman–Crippen LogP) is 1.82. The van der Waals surface area contributed by atoms with Crippen LogP contribution in [0.25, 0.3) is 22.0 Å². The Bertz CT molecular complexity index is 1200. The molecule has 0 bridgehead atoms. The van der Waals surface area contributed by atoms with Gasteiger partial charge in [-0.2, -0.15) is 5.26 Å². The van der Waals surface area contributed by atoms with E-state index in [0.717, 1.165) is 54.9 Å². The van der Waals surface area contributed by atoms with E-state index in [1.807, 2.05) is 18.2 Å². The third-order valence-corrected chi connectivity index (χ3v) is 5.71. The number of morpholine rings is 1. The van der Waals surface area contributed by atoms with E-state index in [2.05, 4.69) is 36.6 Å². The summed E-state index contributed by atoms with van der Waals surface area (Å²) < 4.78 is 10.5. The number of fused-ring (bicyclic) bond motifs is 1. The molecule has 10 nitrogen and oxygen atoms in total. The van der Waals surface area contributed by atoms with Crippen LogP contribution in [-0.4, -0.2) is 78.3 Å². The molecule has 4 rings (SSSR count). The Labute approximate surface area is 197 Å². The number of benzene rings is 1. The van der Waals surface area contributed by atoms with E-state index in [9.17, 15) is 10.1 Å². The van der Waals surface area contributed by atoms with Crippen molar-refractivity contribution >= 4 is 22.6 Å². The van der Waals surface area contributed by atoms with Crippen LogP contribution in [0.5, 0.6) is 5.88 Å². The Morgan fingerprint density at radius 3 is 2.82 bits per heavy atom. The molecule has 1 aromatic carbocycles. The first-order valence-corrected chi connectivity index (χ1v) is 11.1. The molecule has 1 aliphatic heterocycles. The number of ether oxygens (including phenoxy) is 2. The van der Waals surface area contributed by atoms with Crippen LogP contribution in [0.2, 0.25) is 0 Å². The minimum Gasteiger partial charge on any atom is -0.480 e. The maximum absolute atomic E-state index is 12.6. The van der Waals surface area contributed by atoms with Crippen LogP contribution in [0.3, 0.4) is 0 Å². The Morgan fingerprint density at radius 2 is 2.06 bits per heavy atom. The van der Waals surface area contributed by atoms with Crippen LogP contribution < -0.4 is 15.4 Å². The lowest BCUT2D eigenvalue weighted by molar-refractivity contribution is -0.121. The summed E-state index contributed by atoms with van der Waals surface area (Å²) in [6.45, 7) is 6.41. The molecule has 0 radical (unpaired) electrons. The van der Waals surface area contributed by atoms with Crippen LogP contribution in [-0.2, 0) is 9.53 Å². The molecule has 1 amide bonds. The zero-order chi connectivity index (χ0) is 23.9. The lowest BCUT2D eigenvalue weighted by Crippen LogP contribution is -2.44. The summed E-state index contributed by atoms with van der Waals surface area (Å²) in [6.07, 6.45) is 3.12. The molecule has 3 aromatic rings. The summed E-state index contributed by atoms with van der Waals surface area (Å²) >= 11 is 0. The molecule has 1 saturated heterocycles. The van der Waals surface area contributed by atoms with Crippen LogP contribution in [0.15, 0.2) is 36.8 Å². The second-order valence-corrected chi connectivity index (χ2v) is 7.96. The highest BCUT2D eigenvalue weighted by atomic mass is 16.5. The zero-order valence-electron chi connectivity index (χ0n) is 19.2. The van der Waals surface area contributed by atoms with Gasteiger partial charge in [0, 0.05) is 43.3 Å². The highest BCUT2D eigenvalue weighted by Gasteiger charge is 2.17. The van der Waals surface area contributed by atoms with E-state index in [0.29, 0.717) is 17.9 Å². The number of carbonyl (C=O) groups is 1. The summed E-state index contributed by atoms with van der Waals surface area (Å²) in [5.74, 6) is 0.741. The maximum atomic E-state index is 12.6. The third-order valence-electron chi connectivity index (χ3n) is 5.71. The van der Waals surface area contributed by atoms with Crippen LogP contribution in [0.1, 0.15) is 12.5 Å². The van der Waals surface area contributed by atoms with Crippen LogP contribution >= 0.6 is 0 Å². The molecule has 0 saturated carbocycles. The zero-order valence-corrected chi connectivity index (χ0v) is 19.2. The first-order valence-electron chi connectivity index (χ1n) is 11.1. The van der Waals surface area contributed by atoms with Gasteiger partial charge in [-0.1, -0.05) is 6.07 Å². The van der Waals surface area contributed by atoms with Gasteiger partial charge in [-0.15, -0.1) is 0 Å². The summed E-state index contributed by atoms with van der Waals surface area (Å²) in [7, 11) is 1.48. The number of carbonyl (C=O) groups excluding carboxylic acids is 1. The SMILES string of the molecule is COc1ncc(-c2ccc3ncnc(N[C@@H](C)C(=O)NCCN4CCOCC4)c3c2)cc1C#N. The van der Waals surface area contributed by atoms with Gasteiger partial charge < -0.3 is 20.1 Å². The number of nitriles is 1. The molecule has 1 atom stereocenters. The van der Waals surface area contributed by atoms with Crippen LogP contribution in [0, 0.1) is 11.3 Å². The van der Waals surface area contributed by atoms with Gasteiger partial charge in [0.2, 0.25) is 11.8 Å². The van der Waals surface area contributed by atoms with E-state index >= 15 is 0 Å². The van der Waals surface area contributed by atoms with Crippen molar-refractivity contribution in [2.75, 3.05) is 51.8 Å². The molecule has 176 valence electrons. The standard InChI is InChI=1S/C24H27N7O3/c1-16(23(32)26-5-6-31-7-9-34-10-8-31)30-22-20-12-17(3-4-21(20)28-15-29-22)19-11-18(13-25)24(33-2)27-14-19/h3-4,11-12,14-16H,5-10H2,1-2H3,(H,26,32)(H,28,29,30)/t16-/m0/s1. The van der Waals surface area contributed by atoms with Crippen molar-refractivity contribution in [1.82, 2.24) is 25.2 Å². The Morgan fingerprint density at radius 1 is 1.24 bits per heavy atom. The Kier molecular flexibility index (Phi) is 7.47. The minimum absolute atomic E-state index is 0.103. The predicted molar refractivity (Wildman–Crippen MR) is 127 cm³/mol. The van der Waals surface area contributed by atoms with Gasteiger partial charge in [0.15, 0.2) is 0 Å². The molecular weight excluding hydrogens is 434 g/mol. The quantitative estimate of drug-likeness (QED) is 0.517. The van der Waals surface area contributed by atoms with E-state index in [1.54, 1.807) is 19.2 Å². The molecule has 0 unspecified atom stereocenters. The average Bonchev–Trinajstić information content (AvgIpc) is 2.88. The summed E-state index contributed by atoms with van der Waals surface area (Å²) in [5.41, 5.74) is 2.70. The fourth-order valence-corrected chi connectivity index (χ4v) is 3.79. The van der Waals surface area contributed by atoms with Crippen LogP contribution in [0.4, 0.5) is 5.82 Å². The van der Waals surface area contributed by atoms with Gasteiger partial charge in [-0.3, -0.25) is 9.69 Å². The van der Waals surface area contributed by atoms with Crippen molar-refractivity contribution in [2.24, 2.45) is 0 Å². The maximum Gasteiger partial charge on any atom is 0.242 e. The summed E-state index contributed by atoms with van der Waals surface area (Å²) in [6, 6.07) is 9.05. The second kappa shape index (κ2) is 10.9. The van der Waals surface area contributed by atoms with Crippen molar-refractivity contribution in [2.45, 2.75) is 13.0 Å². The molecule has 1 fully saturated rings. The minimum atomic E-state index is -0.487. The monoisotopic (exact) mass is 461 g/mol. The van der Waals surface area contributed by atoms with E-state index in [4.69, 9.17) is 9.47 Å². The van der Waals surface area contributed by atoms with Gasteiger partial charge in [-0.05, 0) is 30.7 Å². The van der Waals surface area contributed by atoms with Gasteiger partial charge in [-0.25, -0.2) is 15.0 Å². The summed E-state index contributed by atoms with van der Waals surface area (Å²) in [4.78, 5) is 27.8. The van der Waals surface area contributed by atoms with E-state index < -0.39 is 6.04 Å². The Hall–Kier alpha value is -3.81. The number of hydrogen-bond acceptors (Lipinski definition) is 9. The van der Waals surface area contributed by atoms with Gasteiger partial charge in [0.05, 0.1) is 25.8 Å². The number of nitrogens with one attached hydrogen (secondary N) is 2. The number of anilines is 1. The molecule has 3 heterocycles. The molecule has 0 aliphatic carbocycles. The van der Waals surface area contributed by atoms with Crippen molar-refractivity contribution in [1.29, 1.82) is 5.26 Å². The molecule has 1 aliphatic rings. The Balaban J connectivity index is 1.48. The van der Waals surface area contributed by atoms with Crippen molar-refractivity contribution < 1.29 is 14.3 Å². The van der Waals surface area contributed by atoms with Gasteiger partial charge in [0.25, 0.3) is 0 Å². The number of hydrogen-bond donors (Lipinski definition) is 2. The lowest BCUT2D eigenvalue weighted by Gasteiger charge is -2.26. The van der Waals surface area contributed by atoms with Crippen molar-refractivity contribution in [3.63, 3.8) is 0 Å². The van der Waals surface area contributed by atoms with Gasteiger partial charge in [0.1, 0.15) is 29.8 Å². The number of pyridine rings is 1. The number of amides is 1. The average molecular weight is 462 g/mol. The largest absolute Gasteiger partial charge is 0.480 e. The highest BCUT2D eigenvalue weighted by Crippen LogP contribution is 2.29. The number of nitrogens with zero attached hydrogens (tertiary/aromatic N) is 5. The highest BCUT2D eigenvalue weighted by molar-refractivity contribution is 5.94. The molecule has 0 spiro atoms. The first kappa shape index (κ1) is 23.4. The second-order valence-electron chi connectivity index (χ2n) is 7.96. The van der Waals surface area contributed by atoms with Gasteiger partial charge >= 0.3 is 0 Å². The summed E-state index contributed by atoms with van der Waals surface area (Å²) in [5, 5.41) is 16.3. The smallest absolute Gasteiger partial charge is 0.242 e. The first-order chi connectivity index (χ1) is 16.6. The molecule has 10 heteroatoms. The lowest BCUT2D eigenvalue weighted by atomic mass is 10.0. The molecule has 34 heavy (non-hydrogen) atoms. The molecule has 2 aromatic heterocycles. The van der Waals surface area contributed by atoms with E-state index in [1.165, 1.54) is 13.4 Å². The van der Waals surface area contributed by atoms with E-state index in [-0.39, 0.29) is 11.8 Å². The van der Waals surface area contributed by atoms with Crippen molar-refractivity contribution in [3.8, 4) is 23.1 Å². The van der Waals surface area contributed by atoms with Crippen molar-refractivity contribution in [3.05, 3.63) is 42.4 Å². The fraction of sp³-hybridized carbons (Fsp3) is 0.375. The third kappa shape index (κ3) is 5.39. The molecular formula is C24H27N7O3. The topological polar surface area (TPSA) is 125 Å². The normalized spacial score (nSPS) is 14.9. The number of methoxy groups -OCH3 is 1. The number of aromatic nitrogens is 3.